The maximum atomic E-state index is 13.0. The Morgan fingerprint density at radius 2 is 2.11 bits per heavy atom. The zero-order valence-corrected chi connectivity index (χ0v) is 9.43. The summed E-state index contributed by atoms with van der Waals surface area (Å²) in [6.45, 7) is 0.317. The molecule has 0 bridgehead atoms. The molecule has 0 unspecified atom stereocenters. The van der Waals surface area contributed by atoms with Gasteiger partial charge < -0.3 is 11.1 Å². The maximum Gasteiger partial charge on any atom is 0.255 e. The van der Waals surface area contributed by atoms with E-state index in [1.165, 1.54) is 0 Å². The first-order valence-corrected chi connectivity index (χ1v) is 5.25. The van der Waals surface area contributed by atoms with Gasteiger partial charge >= 0.3 is 0 Å². The van der Waals surface area contributed by atoms with Crippen LogP contribution in [0.25, 0.3) is 0 Å². The summed E-state index contributed by atoms with van der Waals surface area (Å²) in [5.74, 6) is -1.06. The number of amides is 1. The van der Waals surface area contributed by atoms with E-state index in [0.29, 0.717) is 6.54 Å². The van der Waals surface area contributed by atoms with Gasteiger partial charge in [0.05, 0.1) is 11.8 Å². The molecule has 3 N–H and O–H groups in total. The number of pyridine rings is 2. The molecule has 1 amide bonds. The SMILES string of the molecule is Nc1ncc(F)cc1C(=O)NCc1ccncc1. The minimum atomic E-state index is -0.599. The molecule has 2 rings (SSSR count). The highest BCUT2D eigenvalue weighted by Gasteiger charge is 2.11. The molecule has 2 aromatic rings. The summed E-state index contributed by atoms with van der Waals surface area (Å²) in [7, 11) is 0. The molecule has 0 aliphatic rings. The minimum Gasteiger partial charge on any atom is -0.383 e. The first-order chi connectivity index (χ1) is 8.66. The van der Waals surface area contributed by atoms with Crippen LogP contribution >= 0.6 is 0 Å². The number of rotatable bonds is 3. The van der Waals surface area contributed by atoms with Crippen molar-refractivity contribution in [1.29, 1.82) is 0 Å². The van der Waals surface area contributed by atoms with Gasteiger partial charge in [-0.15, -0.1) is 0 Å². The van der Waals surface area contributed by atoms with Crippen LogP contribution in [0.1, 0.15) is 15.9 Å². The van der Waals surface area contributed by atoms with E-state index < -0.39 is 11.7 Å². The van der Waals surface area contributed by atoms with Crippen LogP contribution in [0.3, 0.4) is 0 Å². The molecule has 0 radical (unpaired) electrons. The molecule has 0 aliphatic heterocycles. The van der Waals surface area contributed by atoms with Gasteiger partial charge in [-0.2, -0.15) is 0 Å². The second-order valence-electron chi connectivity index (χ2n) is 3.62. The van der Waals surface area contributed by atoms with Gasteiger partial charge in [0.2, 0.25) is 0 Å². The molecule has 6 heteroatoms. The lowest BCUT2D eigenvalue weighted by molar-refractivity contribution is 0.0951. The number of carbonyl (C=O) groups excluding carboxylic acids is 1. The Labute approximate surface area is 103 Å². The Morgan fingerprint density at radius 1 is 1.39 bits per heavy atom. The van der Waals surface area contributed by atoms with Crippen LogP contribution < -0.4 is 11.1 Å². The Morgan fingerprint density at radius 3 is 2.83 bits per heavy atom. The fraction of sp³-hybridized carbons (Fsp3) is 0.0833. The summed E-state index contributed by atoms with van der Waals surface area (Å²) in [5.41, 5.74) is 6.43. The number of nitrogen functional groups attached to an aromatic ring is 1. The maximum absolute atomic E-state index is 13.0. The summed E-state index contributed by atoms with van der Waals surface area (Å²) < 4.78 is 13.0. The number of hydrogen-bond donors (Lipinski definition) is 2. The third-order valence-corrected chi connectivity index (χ3v) is 2.33. The van der Waals surface area contributed by atoms with Crippen molar-refractivity contribution in [1.82, 2.24) is 15.3 Å². The fourth-order valence-corrected chi connectivity index (χ4v) is 1.41. The molecule has 2 heterocycles. The molecular weight excluding hydrogens is 235 g/mol. The van der Waals surface area contributed by atoms with E-state index in [0.717, 1.165) is 17.8 Å². The number of nitrogens with zero attached hydrogens (tertiary/aromatic N) is 2. The third-order valence-electron chi connectivity index (χ3n) is 2.33. The quantitative estimate of drug-likeness (QED) is 0.850. The van der Waals surface area contributed by atoms with Crippen LogP contribution in [0.4, 0.5) is 10.2 Å². The van der Waals surface area contributed by atoms with Crippen LogP contribution in [-0.4, -0.2) is 15.9 Å². The Hall–Kier alpha value is -2.50. The predicted octanol–water partition coefficient (Wildman–Crippen LogP) is 1.13. The molecule has 5 nitrogen and oxygen atoms in total. The van der Waals surface area contributed by atoms with Gasteiger partial charge in [0, 0.05) is 18.9 Å². The largest absolute Gasteiger partial charge is 0.383 e. The lowest BCUT2D eigenvalue weighted by Gasteiger charge is -2.06. The van der Waals surface area contributed by atoms with Gasteiger partial charge in [-0.1, -0.05) is 0 Å². The monoisotopic (exact) mass is 246 g/mol. The summed E-state index contributed by atoms with van der Waals surface area (Å²) in [5, 5.41) is 2.63. The normalized spacial score (nSPS) is 10.1. The molecule has 92 valence electrons. The van der Waals surface area contributed by atoms with Gasteiger partial charge in [0.1, 0.15) is 11.6 Å². The van der Waals surface area contributed by atoms with E-state index in [4.69, 9.17) is 5.73 Å². The molecular formula is C12H11FN4O. The van der Waals surface area contributed by atoms with Gasteiger partial charge in [-0.3, -0.25) is 9.78 Å². The lowest BCUT2D eigenvalue weighted by atomic mass is 10.2. The second kappa shape index (κ2) is 5.22. The van der Waals surface area contributed by atoms with Gasteiger partial charge in [0.25, 0.3) is 5.91 Å². The molecule has 0 atom stereocenters. The number of anilines is 1. The summed E-state index contributed by atoms with van der Waals surface area (Å²) in [6, 6.07) is 4.60. The highest BCUT2D eigenvalue weighted by atomic mass is 19.1. The van der Waals surface area contributed by atoms with Crippen molar-refractivity contribution in [3.05, 3.63) is 53.7 Å². The summed E-state index contributed by atoms with van der Waals surface area (Å²) >= 11 is 0. The highest BCUT2D eigenvalue weighted by Crippen LogP contribution is 2.09. The van der Waals surface area contributed by atoms with Crippen molar-refractivity contribution in [3.8, 4) is 0 Å². The van der Waals surface area contributed by atoms with Gasteiger partial charge in [-0.05, 0) is 23.8 Å². The van der Waals surface area contributed by atoms with Crippen LogP contribution in [-0.2, 0) is 6.54 Å². The van der Waals surface area contributed by atoms with E-state index >= 15 is 0 Å². The molecule has 2 aromatic heterocycles. The van der Waals surface area contributed by atoms with Crippen molar-refractivity contribution in [3.63, 3.8) is 0 Å². The van der Waals surface area contributed by atoms with Crippen molar-refractivity contribution in [2.24, 2.45) is 0 Å². The van der Waals surface area contributed by atoms with E-state index in [1.807, 2.05) is 0 Å². The van der Waals surface area contributed by atoms with E-state index in [-0.39, 0.29) is 11.4 Å². The van der Waals surface area contributed by atoms with Gasteiger partial charge in [0.15, 0.2) is 0 Å². The molecule has 0 spiro atoms. The van der Waals surface area contributed by atoms with Crippen LogP contribution in [0.5, 0.6) is 0 Å². The standard InChI is InChI=1S/C12H11FN4O/c13-9-5-10(11(14)16-7-9)12(18)17-6-8-1-3-15-4-2-8/h1-5,7H,6H2,(H2,14,16)(H,17,18). The number of carbonyl (C=O) groups is 1. The summed E-state index contributed by atoms with van der Waals surface area (Å²) in [4.78, 5) is 19.2. The van der Waals surface area contributed by atoms with Crippen molar-refractivity contribution >= 4 is 11.7 Å². The van der Waals surface area contributed by atoms with E-state index in [2.05, 4.69) is 15.3 Å². The van der Waals surface area contributed by atoms with Crippen LogP contribution in [0.2, 0.25) is 0 Å². The Balaban J connectivity index is 2.06. The van der Waals surface area contributed by atoms with Crippen molar-refractivity contribution in [2.75, 3.05) is 5.73 Å². The average molecular weight is 246 g/mol. The highest BCUT2D eigenvalue weighted by molar-refractivity contribution is 5.98. The number of hydrogen-bond acceptors (Lipinski definition) is 4. The minimum absolute atomic E-state index is 0.00336. The van der Waals surface area contributed by atoms with E-state index in [1.54, 1.807) is 24.5 Å². The topological polar surface area (TPSA) is 80.9 Å². The Bertz CT molecular complexity index is 559. The van der Waals surface area contributed by atoms with Crippen molar-refractivity contribution in [2.45, 2.75) is 6.54 Å². The third kappa shape index (κ3) is 2.79. The fourth-order valence-electron chi connectivity index (χ4n) is 1.41. The molecule has 0 saturated carbocycles. The van der Waals surface area contributed by atoms with Gasteiger partial charge in [-0.25, -0.2) is 9.37 Å². The molecule has 18 heavy (non-hydrogen) atoms. The number of nitrogens with two attached hydrogens (primary N) is 1. The first kappa shape index (κ1) is 12.0. The van der Waals surface area contributed by atoms with Crippen LogP contribution in [0.15, 0.2) is 36.8 Å². The number of nitrogens with one attached hydrogen (secondary N) is 1. The van der Waals surface area contributed by atoms with Crippen LogP contribution in [0, 0.1) is 5.82 Å². The second-order valence-corrected chi connectivity index (χ2v) is 3.62. The average Bonchev–Trinajstić information content (AvgIpc) is 2.40. The number of halogens is 1. The smallest absolute Gasteiger partial charge is 0.255 e. The Kier molecular flexibility index (Phi) is 3.47. The zero-order chi connectivity index (χ0) is 13.0. The molecule has 0 aromatic carbocycles. The number of aromatic nitrogens is 2. The lowest BCUT2D eigenvalue weighted by Crippen LogP contribution is -2.24. The zero-order valence-electron chi connectivity index (χ0n) is 9.43. The summed E-state index contributed by atoms with van der Waals surface area (Å²) in [6.07, 6.45) is 4.22. The van der Waals surface area contributed by atoms with Crippen molar-refractivity contribution < 1.29 is 9.18 Å². The molecule has 0 aliphatic carbocycles. The first-order valence-electron chi connectivity index (χ1n) is 5.25. The van der Waals surface area contributed by atoms with E-state index in [9.17, 15) is 9.18 Å². The molecule has 0 fully saturated rings. The predicted molar refractivity (Wildman–Crippen MR) is 64.0 cm³/mol. The molecule has 0 saturated heterocycles.